The Balaban J connectivity index is 1.65. The quantitative estimate of drug-likeness (QED) is 0.644. The highest BCUT2D eigenvalue weighted by Crippen LogP contribution is 2.29. The van der Waals surface area contributed by atoms with Gasteiger partial charge in [0.15, 0.2) is 0 Å². The first-order chi connectivity index (χ1) is 14.8. The van der Waals surface area contributed by atoms with Crippen LogP contribution in [0.4, 0.5) is 5.69 Å². The molecule has 1 amide bonds. The van der Waals surface area contributed by atoms with Gasteiger partial charge in [0, 0.05) is 25.3 Å². The summed E-state index contributed by atoms with van der Waals surface area (Å²) in [5.41, 5.74) is 1.43. The third-order valence-corrected chi connectivity index (χ3v) is 7.53. The molecule has 1 fully saturated rings. The molecule has 31 heavy (non-hydrogen) atoms. The van der Waals surface area contributed by atoms with Crippen LogP contribution in [-0.2, 0) is 21.4 Å². The maximum atomic E-state index is 13.0. The van der Waals surface area contributed by atoms with Gasteiger partial charge in [-0.2, -0.15) is 4.31 Å². The number of methoxy groups -OCH3 is 1. The smallest absolute Gasteiger partial charge is 0.244 e. The molecule has 0 radical (unpaired) electrons. The van der Waals surface area contributed by atoms with E-state index < -0.39 is 10.0 Å². The summed E-state index contributed by atoms with van der Waals surface area (Å²) in [6.07, 6.45) is 2.71. The van der Waals surface area contributed by atoms with E-state index in [9.17, 15) is 13.2 Å². The number of amides is 1. The molecule has 7 nitrogen and oxygen atoms in total. The number of carbonyl (C=O) groups is 1. The zero-order chi connectivity index (χ0) is 22.4. The number of nitrogens with zero attached hydrogens (tertiary/aromatic N) is 2. The SMILES string of the molecule is COc1cccc(CN(C)CC(=O)Nc2ccc(Cl)c(S(=O)(=O)N3CCCCC3)c2)c1. The standard InChI is InChI=1S/C22H28ClN3O4S/c1-25(15-17-7-6-8-19(13-17)30-2)16-22(27)24-18-9-10-20(23)21(14-18)31(28,29)26-11-4-3-5-12-26/h6-10,13-14H,3-5,11-12,15-16H2,1-2H3,(H,24,27). The maximum absolute atomic E-state index is 13.0. The number of likely N-dealkylation sites (N-methyl/N-ethyl adjacent to an activating group) is 1. The van der Waals surface area contributed by atoms with E-state index in [0.29, 0.717) is 25.3 Å². The van der Waals surface area contributed by atoms with Crippen LogP contribution in [0, 0.1) is 0 Å². The predicted molar refractivity (Wildman–Crippen MR) is 122 cm³/mol. The van der Waals surface area contributed by atoms with Crippen molar-refractivity contribution in [3.63, 3.8) is 0 Å². The van der Waals surface area contributed by atoms with Crippen molar-refractivity contribution in [1.29, 1.82) is 0 Å². The number of anilines is 1. The first kappa shape index (κ1) is 23.5. The van der Waals surface area contributed by atoms with E-state index in [1.807, 2.05) is 36.2 Å². The first-order valence-corrected chi connectivity index (χ1v) is 12.0. The molecule has 1 aliphatic heterocycles. The molecule has 0 atom stereocenters. The van der Waals surface area contributed by atoms with E-state index in [0.717, 1.165) is 30.6 Å². The number of carbonyl (C=O) groups excluding carboxylic acids is 1. The number of ether oxygens (including phenoxy) is 1. The van der Waals surface area contributed by atoms with Crippen molar-refractivity contribution in [2.75, 3.05) is 39.1 Å². The van der Waals surface area contributed by atoms with Crippen molar-refractivity contribution in [3.05, 3.63) is 53.1 Å². The Morgan fingerprint density at radius 1 is 1.16 bits per heavy atom. The Hall–Kier alpha value is -2.13. The van der Waals surface area contributed by atoms with Crippen LogP contribution in [0.3, 0.4) is 0 Å². The number of hydrogen-bond donors (Lipinski definition) is 1. The molecule has 0 saturated carbocycles. The van der Waals surface area contributed by atoms with Crippen LogP contribution in [0.1, 0.15) is 24.8 Å². The first-order valence-electron chi connectivity index (χ1n) is 10.2. The molecule has 168 valence electrons. The van der Waals surface area contributed by atoms with Gasteiger partial charge in [-0.3, -0.25) is 9.69 Å². The summed E-state index contributed by atoms with van der Waals surface area (Å²) in [6.45, 7) is 1.70. The molecule has 0 unspecified atom stereocenters. The Labute approximate surface area is 189 Å². The van der Waals surface area contributed by atoms with Gasteiger partial charge in [0.05, 0.1) is 18.7 Å². The molecule has 3 rings (SSSR count). The number of nitrogens with one attached hydrogen (secondary N) is 1. The monoisotopic (exact) mass is 465 g/mol. The lowest BCUT2D eigenvalue weighted by Gasteiger charge is -2.26. The van der Waals surface area contributed by atoms with Gasteiger partial charge < -0.3 is 10.1 Å². The number of sulfonamides is 1. The average molecular weight is 466 g/mol. The molecule has 9 heteroatoms. The van der Waals surface area contributed by atoms with Crippen LogP contribution in [0.5, 0.6) is 5.75 Å². The summed E-state index contributed by atoms with van der Waals surface area (Å²) in [5.74, 6) is 0.521. The lowest BCUT2D eigenvalue weighted by molar-refractivity contribution is -0.117. The van der Waals surface area contributed by atoms with E-state index in [1.165, 1.54) is 16.4 Å². The van der Waals surface area contributed by atoms with Crippen molar-refractivity contribution in [2.45, 2.75) is 30.7 Å². The number of rotatable bonds is 8. The molecule has 1 aliphatic rings. The molecule has 2 aromatic carbocycles. The lowest BCUT2D eigenvalue weighted by atomic mass is 10.2. The molecular weight excluding hydrogens is 438 g/mol. The van der Waals surface area contributed by atoms with Crippen LogP contribution < -0.4 is 10.1 Å². The summed E-state index contributed by atoms with van der Waals surface area (Å²) in [6, 6.07) is 12.2. The summed E-state index contributed by atoms with van der Waals surface area (Å²) in [5, 5.41) is 2.93. The largest absolute Gasteiger partial charge is 0.497 e. The minimum absolute atomic E-state index is 0.0265. The maximum Gasteiger partial charge on any atom is 0.244 e. The Bertz CT molecular complexity index is 1020. The highest BCUT2D eigenvalue weighted by atomic mass is 35.5. The Morgan fingerprint density at radius 2 is 1.90 bits per heavy atom. The van der Waals surface area contributed by atoms with Crippen LogP contribution >= 0.6 is 11.6 Å². The molecular formula is C22H28ClN3O4S. The van der Waals surface area contributed by atoms with Crippen molar-refractivity contribution in [1.82, 2.24) is 9.21 Å². The van der Waals surface area contributed by atoms with Gasteiger partial charge in [-0.1, -0.05) is 30.2 Å². The number of piperidine rings is 1. The molecule has 1 N–H and O–H groups in total. The fourth-order valence-corrected chi connectivity index (χ4v) is 5.62. The molecule has 1 saturated heterocycles. The van der Waals surface area contributed by atoms with E-state index in [4.69, 9.17) is 16.3 Å². The van der Waals surface area contributed by atoms with Crippen molar-refractivity contribution >= 4 is 33.2 Å². The summed E-state index contributed by atoms with van der Waals surface area (Å²) >= 11 is 6.20. The third kappa shape index (κ3) is 6.20. The van der Waals surface area contributed by atoms with E-state index in [2.05, 4.69) is 5.32 Å². The van der Waals surface area contributed by atoms with Gasteiger partial charge in [0.25, 0.3) is 0 Å². The van der Waals surface area contributed by atoms with Gasteiger partial charge in [-0.25, -0.2) is 8.42 Å². The van der Waals surface area contributed by atoms with E-state index >= 15 is 0 Å². The van der Waals surface area contributed by atoms with E-state index in [1.54, 1.807) is 13.2 Å². The van der Waals surface area contributed by atoms with Gasteiger partial charge in [0.2, 0.25) is 15.9 Å². The van der Waals surface area contributed by atoms with Crippen LogP contribution in [0.2, 0.25) is 5.02 Å². The van der Waals surface area contributed by atoms with Crippen LogP contribution in [0.15, 0.2) is 47.4 Å². The van der Waals surface area contributed by atoms with E-state index in [-0.39, 0.29) is 22.4 Å². The second-order valence-electron chi connectivity index (χ2n) is 7.68. The molecule has 2 aromatic rings. The summed E-state index contributed by atoms with van der Waals surface area (Å²) in [7, 11) is -0.240. The van der Waals surface area contributed by atoms with Gasteiger partial charge >= 0.3 is 0 Å². The van der Waals surface area contributed by atoms with Crippen LogP contribution in [0.25, 0.3) is 0 Å². The molecule has 0 aromatic heterocycles. The van der Waals surface area contributed by atoms with Crippen LogP contribution in [-0.4, -0.2) is 57.3 Å². The number of hydrogen-bond acceptors (Lipinski definition) is 5. The van der Waals surface area contributed by atoms with Crippen molar-refractivity contribution in [3.8, 4) is 5.75 Å². The topological polar surface area (TPSA) is 79.0 Å². The molecule has 0 aliphatic carbocycles. The van der Waals surface area contributed by atoms with Gasteiger partial charge in [-0.05, 0) is 55.8 Å². The summed E-state index contributed by atoms with van der Waals surface area (Å²) in [4.78, 5) is 14.4. The van der Waals surface area contributed by atoms with Crippen molar-refractivity contribution < 1.29 is 17.9 Å². The average Bonchev–Trinajstić information content (AvgIpc) is 2.75. The Morgan fingerprint density at radius 3 is 2.61 bits per heavy atom. The second-order valence-corrected chi connectivity index (χ2v) is 10.00. The number of halogens is 1. The zero-order valence-electron chi connectivity index (χ0n) is 17.8. The fourth-order valence-electron chi connectivity index (χ4n) is 3.61. The highest BCUT2D eigenvalue weighted by Gasteiger charge is 2.28. The third-order valence-electron chi connectivity index (χ3n) is 5.15. The normalized spacial score (nSPS) is 15.1. The van der Waals surface area contributed by atoms with Gasteiger partial charge in [-0.15, -0.1) is 0 Å². The van der Waals surface area contributed by atoms with Gasteiger partial charge in [0.1, 0.15) is 10.6 Å². The molecule has 1 heterocycles. The molecule has 0 spiro atoms. The number of benzene rings is 2. The fraction of sp³-hybridized carbons (Fsp3) is 0.409. The molecule has 0 bridgehead atoms. The predicted octanol–water partition coefficient (Wildman–Crippen LogP) is 3.59. The highest BCUT2D eigenvalue weighted by molar-refractivity contribution is 7.89. The van der Waals surface area contributed by atoms with Crippen molar-refractivity contribution in [2.24, 2.45) is 0 Å². The minimum atomic E-state index is -3.69. The summed E-state index contributed by atoms with van der Waals surface area (Å²) < 4.78 is 32.7. The Kier molecular flexibility index (Phi) is 7.94. The zero-order valence-corrected chi connectivity index (χ0v) is 19.4. The second kappa shape index (κ2) is 10.5. The lowest BCUT2D eigenvalue weighted by Crippen LogP contribution is -2.35. The minimum Gasteiger partial charge on any atom is -0.497 e.